The van der Waals surface area contributed by atoms with Gasteiger partial charge >= 0.3 is 5.69 Å². The summed E-state index contributed by atoms with van der Waals surface area (Å²) in [7, 11) is 3.23. The Hall–Kier alpha value is -3.56. The SMILES string of the molecule is CN(CC1COc2ccccc2O1)C(=O)CCc1nc2c([nH]1)c(=O)[nH]c(=O)n2C. The first-order chi connectivity index (χ1) is 13.9. The van der Waals surface area contributed by atoms with Crippen molar-refractivity contribution in [2.75, 3.05) is 20.2 Å². The lowest BCUT2D eigenvalue weighted by Gasteiger charge is -2.29. The number of carbonyl (C=O) groups excluding carboxylic acids is 1. The summed E-state index contributed by atoms with van der Waals surface area (Å²) < 4.78 is 12.8. The summed E-state index contributed by atoms with van der Waals surface area (Å²) in [5, 5.41) is 0. The molecule has 0 saturated carbocycles. The quantitative estimate of drug-likeness (QED) is 0.631. The van der Waals surface area contributed by atoms with Crippen molar-refractivity contribution >= 4 is 17.1 Å². The number of imidazole rings is 1. The molecule has 1 atom stereocenters. The van der Waals surface area contributed by atoms with Crippen molar-refractivity contribution in [3.63, 3.8) is 0 Å². The van der Waals surface area contributed by atoms with Crippen LogP contribution >= 0.6 is 0 Å². The molecule has 10 nitrogen and oxygen atoms in total. The number of aromatic amines is 2. The van der Waals surface area contributed by atoms with Gasteiger partial charge in [0.25, 0.3) is 5.56 Å². The number of rotatable bonds is 5. The van der Waals surface area contributed by atoms with E-state index in [1.807, 2.05) is 24.3 Å². The maximum absolute atomic E-state index is 12.5. The summed E-state index contributed by atoms with van der Waals surface area (Å²) in [6.07, 6.45) is 0.265. The third kappa shape index (κ3) is 3.73. The molecule has 3 heterocycles. The minimum absolute atomic E-state index is 0.0873. The average Bonchev–Trinajstić information content (AvgIpc) is 3.15. The molecule has 0 saturated heterocycles. The Kier molecular flexibility index (Phi) is 4.83. The van der Waals surface area contributed by atoms with Crippen LogP contribution in [0.15, 0.2) is 33.9 Å². The second-order valence-electron chi connectivity index (χ2n) is 6.97. The zero-order valence-electron chi connectivity index (χ0n) is 16.1. The zero-order chi connectivity index (χ0) is 20.5. The number of para-hydroxylation sites is 2. The van der Waals surface area contributed by atoms with Crippen LogP contribution in [0.1, 0.15) is 12.2 Å². The van der Waals surface area contributed by atoms with Gasteiger partial charge in [0, 0.05) is 26.9 Å². The van der Waals surface area contributed by atoms with Crippen LogP contribution in [0, 0.1) is 0 Å². The van der Waals surface area contributed by atoms with Crippen LogP contribution in [0.4, 0.5) is 0 Å². The van der Waals surface area contributed by atoms with Gasteiger partial charge < -0.3 is 19.4 Å². The molecule has 1 aliphatic rings. The molecule has 0 radical (unpaired) electrons. The van der Waals surface area contributed by atoms with Crippen LogP contribution in [-0.2, 0) is 18.3 Å². The minimum Gasteiger partial charge on any atom is -0.486 e. The number of aryl methyl sites for hydroxylation is 2. The lowest BCUT2D eigenvalue weighted by molar-refractivity contribution is -0.131. The predicted molar refractivity (Wildman–Crippen MR) is 104 cm³/mol. The Balaban J connectivity index is 1.37. The number of fused-ring (bicyclic) bond motifs is 2. The van der Waals surface area contributed by atoms with Crippen LogP contribution in [0.2, 0.25) is 0 Å². The largest absolute Gasteiger partial charge is 0.486 e. The third-order valence-electron chi connectivity index (χ3n) is 4.85. The van der Waals surface area contributed by atoms with E-state index in [2.05, 4.69) is 15.0 Å². The first-order valence-corrected chi connectivity index (χ1v) is 9.22. The van der Waals surface area contributed by atoms with Crippen LogP contribution in [0.3, 0.4) is 0 Å². The summed E-state index contributed by atoms with van der Waals surface area (Å²) in [6.45, 7) is 0.760. The fraction of sp³-hybridized carbons (Fsp3) is 0.368. The highest BCUT2D eigenvalue weighted by atomic mass is 16.6. The molecule has 10 heteroatoms. The van der Waals surface area contributed by atoms with E-state index in [0.717, 1.165) is 0 Å². The lowest BCUT2D eigenvalue weighted by Crippen LogP contribution is -2.41. The number of nitrogens with zero attached hydrogens (tertiary/aromatic N) is 3. The number of carbonyl (C=O) groups is 1. The average molecular weight is 399 g/mol. The first kappa shape index (κ1) is 18.8. The van der Waals surface area contributed by atoms with Crippen molar-refractivity contribution in [2.24, 2.45) is 7.05 Å². The van der Waals surface area contributed by atoms with Crippen molar-refractivity contribution in [3.8, 4) is 11.5 Å². The molecule has 4 rings (SSSR count). The van der Waals surface area contributed by atoms with E-state index < -0.39 is 11.2 Å². The van der Waals surface area contributed by atoms with Gasteiger partial charge in [-0.05, 0) is 12.1 Å². The minimum atomic E-state index is -0.535. The number of hydrogen-bond acceptors (Lipinski definition) is 6. The Morgan fingerprint density at radius 2 is 2.03 bits per heavy atom. The van der Waals surface area contributed by atoms with Gasteiger partial charge in [-0.3, -0.25) is 19.1 Å². The summed E-state index contributed by atoms with van der Waals surface area (Å²) in [5.41, 5.74) is -0.581. The smallest absolute Gasteiger partial charge is 0.329 e. The van der Waals surface area contributed by atoms with E-state index in [-0.39, 0.29) is 29.6 Å². The molecule has 1 aliphatic heterocycles. The van der Waals surface area contributed by atoms with E-state index in [0.29, 0.717) is 36.9 Å². The summed E-state index contributed by atoms with van der Waals surface area (Å²) >= 11 is 0. The van der Waals surface area contributed by atoms with Crippen LogP contribution in [0.5, 0.6) is 11.5 Å². The zero-order valence-corrected chi connectivity index (χ0v) is 16.1. The molecule has 3 aromatic rings. The number of ether oxygens (including phenoxy) is 2. The number of nitrogens with one attached hydrogen (secondary N) is 2. The molecule has 0 spiro atoms. The Bertz CT molecular complexity index is 1180. The maximum atomic E-state index is 12.5. The molecular formula is C19H21N5O5. The molecule has 2 N–H and O–H groups in total. The summed E-state index contributed by atoms with van der Waals surface area (Å²) in [5.74, 6) is 1.75. The van der Waals surface area contributed by atoms with Gasteiger partial charge in [0.2, 0.25) is 5.91 Å². The highest BCUT2D eigenvalue weighted by Gasteiger charge is 2.23. The molecule has 0 fully saturated rings. The maximum Gasteiger partial charge on any atom is 0.329 e. The second kappa shape index (κ2) is 7.46. The number of H-pyrrole nitrogens is 2. The Morgan fingerprint density at radius 1 is 1.28 bits per heavy atom. The normalized spacial score (nSPS) is 15.4. The molecular weight excluding hydrogens is 378 g/mol. The van der Waals surface area contributed by atoms with E-state index in [1.54, 1.807) is 11.9 Å². The molecule has 0 aliphatic carbocycles. The molecule has 2 aromatic heterocycles. The van der Waals surface area contributed by atoms with E-state index >= 15 is 0 Å². The van der Waals surface area contributed by atoms with Gasteiger partial charge in [0.15, 0.2) is 23.3 Å². The molecule has 1 aromatic carbocycles. The van der Waals surface area contributed by atoms with E-state index in [9.17, 15) is 14.4 Å². The van der Waals surface area contributed by atoms with Gasteiger partial charge in [-0.2, -0.15) is 0 Å². The predicted octanol–water partition coefficient (Wildman–Crippen LogP) is 0.181. The monoisotopic (exact) mass is 399 g/mol. The number of benzene rings is 1. The summed E-state index contributed by atoms with van der Waals surface area (Å²) in [4.78, 5) is 47.0. The fourth-order valence-corrected chi connectivity index (χ4v) is 3.25. The molecule has 0 bridgehead atoms. The first-order valence-electron chi connectivity index (χ1n) is 9.22. The van der Waals surface area contributed by atoms with Gasteiger partial charge in [-0.1, -0.05) is 12.1 Å². The Morgan fingerprint density at radius 3 is 2.83 bits per heavy atom. The summed E-state index contributed by atoms with van der Waals surface area (Å²) in [6, 6.07) is 7.42. The van der Waals surface area contributed by atoms with Crippen molar-refractivity contribution in [3.05, 3.63) is 50.9 Å². The van der Waals surface area contributed by atoms with Crippen molar-refractivity contribution in [1.82, 2.24) is 24.4 Å². The van der Waals surface area contributed by atoms with Crippen LogP contribution in [0.25, 0.3) is 11.2 Å². The van der Waals surface area contributed by atoms with Crippen LogP contribution in [-0.4, -0.2) is 56.6 Å². The third-order valence-corrected chi connectivity index (χ3v) is 4.85. The molecule has 1 amide bonds. The van der Waals surface area contributed by atoms with E-state index in [1.165, 1.54) is 11.6 Å². The molecule has 29 heavy (non-hydrogen) atoms. The highest BCUT2D eigenvalue weighted by Crippen LogP contribution is 2.30. The number of likely N-dealkylation sites (N-methyl/N-ethyl adjacent to an activating group) is 1. The van der Waals surface area contributed by atoms with Gasteiger partial charge in [-0.25, -0.2) is 9.78 Å². The van der Waals surface area contributed by atoms with Crippen molar-refractivity contribution < 1.29 is 14.3 Å². The topological polar surface area (TPSA) is 122 Å². The number of aromatic nitrogens is 4. The molecule has 1 unspecified atom stereocenters. The number of hydrogen-bond donors (Lipinski definition) is 2. The second-order valence-corrected chi connectivity index (χ2v) is 6.97. The van der Waals surface area contributed by atoms with Crippen molar-refractivity contribution in [1.29, 1.82) is 0 Å². The van der Waals surface area contributed by atoms with Crippen molar-refractivity contribution in [2.45, 2.75) is 18.9 Å². The Labute approximate surface area is 165 Å². The molecule has 152 valence electrons. The standard InChI is InChI=1S/C19H21N5O5/c1-23(9-11-10-28-12-5-3-4-6-13(12)29-11)15(25)8-7-14-20-16-17(21-14)24(2)19(27)22-18(16)26/h3-6,11H,7-10H2,1-2H3,(H,20,21)(H,22,26,27). The van der Waals surface area contributed by atoms with Crippen LogP contribution < -0.4 is 20.7 Å². The van der Waals surface area contributed by atoms with Gasteiger partial charge in [-0.15, -0.1) is 0 Å². The van der Waals surface area contributed by atoms with Gasteiger partial charge in [0.1, 0.15) is 17.9 Å². The highest BCUT2D eigenvalue weighted by molar-refractivity contribution is 5.76. The fourth-order valence-electron chi connectivity index (χ4n) is 3.25. The number of amides is 1. The van der Waals surface area contributed by atoms with E-state index in [4.69, 9.17) is 9.47 Å². The lowest BCUT2D eigenvalue weighted by atomic mass is 10.2. The van der Waals surface area contributed by atoms with Gasteiger partial charge in [0.05, 0.1) is 6.54 Å².